The minimum absolute atomic E-state index is 0.508. The van der Waals surface area contributed by atoms with Crippen LogP contribution in [0.4, 0.5) is 0 Å². The molecule has 0 saturated carbocycles. The fraction of sp³-hybridized carbons (Fsp3) is 0.625. The lowest BCUT2D eigenvalue weighted by atomic mass is 10.0. The molecule has 1 aliphatic rings. The van der Waals surface area contributed by atoms with Crippen LogP contribution in [0.5, 0.6) is 0 Å². The zero-order chi connectivity index (χ0) is 9.10. The van der Waals surface area contributed by atoms with Gasteiger partial charge in [0.05, 0.1) is 0 Å². The highest BCUT2D eigenvalue weighted by Gasteiger charge is 2.19. The summed E-state index contributed by atoms with van der Waals surface area (Å²) in [6, 6.07) is 0. The molecule has 0 spiro atoms. The average Bonchev–Trinajstić information content (AvgIpc) is 2.67. The van der Waals surface area contributed by atoms with E-state index in [1.807, 2.05) is 11.8 Å². The SMILES string of the molecule is O=Cc1nnc(C2CCSCC2)s1. The summed E-state index contributed by atoms with van der Waals surface area (Å²) >= 11 is 3.43. The molecule has 1 aromatic heterocycles. The third-order valence-corrected chi connectivity index (χ3v) is 4.19. The number of aromatic nitrogens is 2. The first-order valence-corrected chi connectivity index (χ1v) is 6.23. The molecule has 3 nitrogen and oxygen atoms in total. The standard InChI is InChI=1S/C8H10N2OS2/c11-5-7-9-10-8(13-7)6-1-3-12-4-2-6/h5-6H,1-4H2. The maximum absolute atomic E-state index is 10.4. The van der Waals surface area contributed by atoms with Crippen molar-refractivity contribution >= 4 is 29.4 Å². The van der Waals surface area contributed by atoms with Gasteiger partial charge in [0, 0.05) is 5.92 Å². The summed E-state index contributed by atoms with van der Waals surface area (Å²) in [5.41, 5.74) is 0. The molecule has 0 aromatic carbocycles. The Labute approximate surface area is 84.9 Å². The van der Waals surface area contributed by atoms with Gasteiger partial charge >= 0.3 is 0 Å². The number of thioether (sulfide) groups is 1. The predicted molar refractivity (Wildman–Crippen MR) is 54.6 cm³/mol. The molecule has 0 aliphatic carbocycles. The van der Waals surface area contributed by atoms with E-state index in [9.17, 15) is 4.79 Å². The van der Waals surface area contributed by atoms with Crippen molar-refractivity contribution in [3.05, 3.63) is 10.0 Å². The predicted octanol–water partition coefficient (Wildman–Crippen LogP) is 1.96. The van der Waals surface area contributed by atoms with Gasteiger partial charge in [-0.1, -0.05) is 11.3 Å². The number of hydrogen-bond acceptors (Lipinski definition) is 5. The second-order valence-corrected chi connectivity index (χ2v) is 5.25. The molecule has 2 heterocycles. The Morgan fingerprint density at radius 3 is 2.69 bits per heavy atom. The van der Waals surface area contributed by atoms with Crippen molar-refractivity contribution in [1.29, 1.82) is 0 Å². The largest absolute Gasteiger partial charge is 0.295 e. The number of carbonyl (C=O) groups is 1. The summed E-state index contributed by atoms with van der Waals surface area (Å²) in [6.45, 7) is 0. The van der Waals surface area contributed by atoms with E-state index >= 15 is 0 Å². The van der Waals surface area contributed by atoms with Crippen LogP contribution in [0.15, 0.2) is 0 Å². The summed E-state index contributed by atoms with van der Waals surface area (Å²) < 4.78 is 0. The normalized spacial score (nSPS) is 18.8. The lowest BCUT2D eigenvalue weighted by molar-refractivity contribution is 0.112. The van der Waals surface area contributed by atoms with E-state index < -0.39 is 0 Å². The Bertz CT molecular complexity index is 294. The third kappa shape index (κ3) is 2.08. The van der Waals surface area contributed by atoms with Gasteiger partial charge in [0.25, 0.3) is 0 Å². The maximum Gasteiger partial charge on any atom is 0.180 e. The molecule has 1 aromatic rings. The molecule has 0 atom stereocenters. The van der Waals surface area contributed by atoms with Gasteiger partial charge in [0.2, 0.25) is 0 Å². The molecule has 2 rings (SSSR count). The fourth-order valence-electron chi connectivity index (χ4n) is 1.40. The van der Waals surface area contributed by atoms with E-state index in [1.54, 1.807) is 0 Å². The summed E-state index contributed by atoms with van der Waals surface area (Å²) in [4.78, 5) is 10.4. The summed E-state index contributed by atoms with van der Waals surface area (Å²) in [7, 11) is 0. The van der Waals surface area contributed by atoms with Crippen LogP contribution in [-0.4, -0.2) is 28.0 Å². The van der Waals surface area contributed by atoms with E-state index in [0.29, 0.717) is 10.9 Å². The highest BCUT2D eigenvalue weighted by Crippen LogP contribution is 2.32. The van der Waals surface area contributed by atoms with E-state index in [0.717, 1.165) is 11.3 Å². The van der Waals surface area contributed by atoms with Crippen molar-refractivity contribution in [2.75, 3.05) is 11.5 Å². The van der Waals surface area contributed by atoms with Crippen LogP contribution in [0.1, 0.15) is 33.6 Å². The highest BCUT2D eigenvalue weighted by atomic mass is 32.2. The lowest BCUT2D eigenvalue weighted by Gasteiger charge is -2.17. The van der Waals surface area contributed by atoms with Crippen molar-refractivity contribution in [3.63, 3.8) is 0 Å². The van der Waals surface area contributed by atoms with Gasteiger partial charge in [-0.15, -0.1) is 10.2 Å². The first-order valence-electron chi connectivity index (χ1n) is 4.26. The van der Waals surface area contributed by atoms with E-state index in [-0.39, 0.29) is 0 Å². The zero-order valence-corrected chi connectivity index (χ0v) is 8.74. The summed E-state index contributed by atoms with van der Waals surface area (Å²) in [5, 5.41) is 9.39. The topological polar surface area (TPSA) is 42.9 Å². The van der Waals surface area contributed by atoms with Crippen LogP contribution < -0.4 is 0 Å². The average molecular weight is 214 g/mol. The van der Waals surface area contributed by atoms with Gasteiger partial charge in [-0.05, 0) is 24.3 Å². The molecule has 0 amide bonds. The number of rotatable bonds is 2. The van der Waals surface area contributed by atoms with Crippen LogP contribution in [0, 0.1) is 0 Å². The first-order chi connectivity index (χ1) is 6.40. The monoisotopic (exact) mass is 214 g/mol. The van der Waals surface area contributed by atoms with Crippen LogP contribution in [0.25, 0.3) is 0 Å². The minimum Gasteiger partial charge on any atom is -0.295 e. The van der Waals surface area contributed by atoms with E-state index in [2.05, 4.69) is 10.2 Å². The molecule has 13 heavy (non-hydrogen) atoms. The maximum atomic E-state index is 10.4. The van der Waals surface area contributed by atoms with Crippen LogP contribution in [-0.2, 0) is 0 Å². The quantitative estimate of drug-likeness (QED) is 0.706. The fourth-order valence-corrected chi connectivity index (χ4v) is 3.34. The number of aldehydes is 1. The van der Waals surface area contributed by atoms with Crippen molar-refractivity contribution < 1.29 is 4.79 Å². The molecule has 5 heteroatoms. The van der Waals surface area contributed by atoms with Crippen molar-refractivity contribution in [2.45, 2.75) is 18.8 Å². The number of hydrogen-bond donors (Lipinski definition) is 0. The molecule has 0 radical (unpaired) electrons. The van der Waals surface area contributed by atoms with Gasteiger partial charge < -0.3 is 0 Å². The first kappa shape index (κ1) is 9.15. The lowest BCUT2D eigenvalue weighted by Crippen LogP contribution is -2.07. The number of carbonyl (C=O) groups excluding carboxylic acids is 1. The van der Waals surface area contributed by atoms with Gasteiger partial charge in [-0.3, -0.25) is 4.79 Å². The molecular formula is C8H10N2OS2. The van der Waals surface area contributed by atoms with Gasteiger partial charge in [-0.25, -0.2) is 0 Å². The molecule has 70 valence electrons. The van der Waals surface area contributed by atoms with Crippen LogP contribution >= 0.6 is 23.1 Å². The number of nitrogens with zero attached hydrogens (tertiary/aromatic N) is 2. The molecular weight excluding hydrogens is 204 g/mol. The van der Waals surface area contributed by atoms with Crippen molar-refractivity contribution in [1.82, 2.24) is 10.2 Å². The molecule has 0 N–H and O–H groups in total. The smallest absolute Gasteiger partial charge is 0.180 e. The molecule has 0 bridgehead atoms. The molecule has 1 saturated heterocycles. The van der Waals surface area contributed by atoms with Gasteiger partial charge in [0.15, 0.2) is 11.3 Å². The van der Waals surface area contributed by atoms with E-state index in [1.165, 1.54) is 35.7 Å². The molecule has 0 unspecified atom stereocenters. The molecule has 1 fully saturated rings. The minimum atomic E-state index is 0.508. The zero-order valence-electron chi connectivity index (χ0n) is 7.10. The Kier molecular flexibility index (Phi) is 2.95. The Balaban J connectivity index is 2.09. The van der Waals surface area contributed by atoms with Gasteiger partial charge in [0.1, 0.15) is 5.01 Å². The van der Waals surface area contributed by atoms with E-state index in [4.69, 9.17) is 0 Å². The Morgan fingerprint density at radius 2 is 2.08 bits per heavy atom. The second kappa shape index (κ2) is 4.19. The Hall–Kier alpha value is -0.420. The van der Waals surface area contributed by atoms with Gasteiger partial charge in [-0.2, -0.15) is 11.8 Å². The van der Waals surface area contributed by atoms with Crippen molar-refractivity contribution in [3.8, 4) is 0 Å². The second-order valence-electron chi connectivity index (χ2n) is 2.98. The summed E-state index contributed by atoms with van der Waals surface area (Å²) in [5.74, 6) is 2.97. The highest BCUT2D eigenvalue weighted by molar-refractivity contribution is 7.99. The molecule has 1 aliphatic heterocycles. The third-order valence-electron chi connectivity index (χ3n) is 2.13. The Morgan fingerprint density at radius 1 is 1.31 bits per heavy atom. The van der Waals surface area contributed by atoms with Crippen LogP contribution in [0.3, 0.4) is 0 Å². The van der Waals surface area contributed by atoms with Crippen LogP contribution in [0.2, 0.25) is 0 Å². The van der Waals surface area contributed by atoms with Crippen molar-refractivity contribution in [2.24, 2.45) is 0 Å². The summed E-state index contributed by atoms with van der Waals surface area (Å²) in [6.07, 6.45) is 3.13.